The van der Waals surface area contributed by atoms with Crippen LogP contribution in [0.15, 0.2) is 29.6 Å². The number of aliphatic hydroxyl groups excluding tert-OH is 1. The first kappa shape index (κ1) is 15.4. The lowest BCUT2D eigenvalue weighted by Crippen LogP contribution is -2.44. The van der Waals surface area contributed by atoms with Gasteiger partial charge in [-0.2, -0.15) is 0 Å². The van der Waals surface area contributed by atoms with Crippen LogP contribution >= 0.6 is 11.3 Å². The normalized spacial score (nSPS) is 12.2. The van der Waals surface area contributed by atoms with Crippen LogP contribution in [0.1, 0.15) is 19.4 Å². The quantitative estimate of drug-likeness (QED) is 0.735. The van der Waals surface area contributed by atoms with Gasteiger partial charge in [-0.25, -0.2) is 0 Å². The molecule has 1 heterocycles. The van der Waals surface area contributed by atoms with E-state index in [-0.39, 0.29) is 12.1 Å². The molecule has 0 unspecified atom stereocenters. The first-order valence-corrected chi connectivity index (χ1v) is 7.88. The zero-order valence-electron chi connectivity index (χ0n) is 12.2. The molecule has 0 saturated heterocycles. The van der Waals surface area contributed by atoms with E-state index in [0.29, 0.717) is 6.61 Å². The minimum Gasteiger partial charge on any atom is -0.394 e. The lowest BCUT2D eigenvalue weighted by Gasteiger charge is -2.23. The molecule has 110 valence electrons. The van der Waals surface area contributed by atoms with Gasteiger partial charge in [0.05, 0.1) is 19.8 Å². The third-order valence-electron chi connectivity index (χ3n) is 3.30. The average molecular weight is 293 g/mol. The molecule has 0 saturated carbocycles. The molecule has 0 radical (unpaired) electrons. The molecule has 0 bridgehead atoms. The Morgan fingerprint density at radius 1 is 1.25 bits per heavy atom. The highest BCUT2D eigenvalue weighted by Gasteiger charge is 2.13. The molecule has 0 fully saturated rings. The van der Waals surface area contributed by atoms with E-state index < -0.39 is 0 Å². The second-order valence-corrected chi connectivity index (χ2v) is 6.57. The van der Waals surface area contributed by atoms with Crippen LogP contribution in [0, 0.1) is 0 Å². The molecule has 2 rings (SSSR count). The lowest BCUT2D eigenvalue weighted by atomic mass is 10.1. The van der Waals surface area contributed by atoms with Gasteiger partial charge in [0, 0.05) is 16.8 Å². The number of thiophene rings is 1. The molecule has 4 heteroatoms. The summed E-state index contributed by atoms with van der Waals surface area (Å²) in [5.74, 6) is 0. The molecule has 0 amide bonds. The second kappa shape index (κ2) is 7.18. The number of ether oxygens (including phenoxy) is 1. The molecule has 0 aliphatic rings. The topological polar surface area (TPSA) is 41.5 Å². The van der Waals surface area contributed by atoms with Crippen molar-refractivity contribution in [2.24, 2.45) is 0 Å². The van der Waals surface area contributed by atoms with Gasteiger partial charge in [0.15, 0.2) is 0 Å². The molecular formula is C16H23NO2S. The zero-order chi connectivity index (χ0) is 14.4. The van der Waals surface area contributed by atoms with E-state index >= 15 is 0 Å². The summed E-state index contributed by atoms with van der Waals surface area (Å²) in [6, 6.07) is 8.75. The minimum absolute atomic E-state index is 0.133. The van der Waals surface area contributed by atoms with Crippen molar-refractivity contribution in [1.82, 2.24) is 5.32 Å². The van der Waals surface area contributed by atoms with Gasteiger partial charge in [-0.05, 0) is 48.7 Å². The molecule has 1 aromatic carbocycles. The Kier molecular flexibility index (Phi) is 5.54. The van der Waals surface area contributed by atoms with Crippen molar-refractivity contribution >= 4 is 21.4 Å². The molecule has 0 aliphatic carbocycles. The molecule has 2 aromatic rings. The van der Waals surface area contributed by atoms with Crippen molar-refractivity contribution in [3.63, 3.8) is 0 Å². The molecule has 0 spiro atoms. The maximum Gasteiger partial charge on any atom is 0.0607 e. The second-order valence-electron chi connectivity index (χ2n) is 5.62. The summed E-state index contributed by atoms with van der Waals surface area (Å²) < 4.78 is 6.97. The zero-order valence-corrected chi connectivity index (χ0v) is 13.0. The summed E-state index contributed by atoms with van der Waals surface area (Å²) in [5, 5.41) is 15.8. The first-order chi connectivity index (χ1) is 9.61. The fraction of sp³-hybridized carbons (Fsp3) is 0.500. The number of hydrogen-bond donors (Lipinski definition) is 2. The van der Waals surface area contributed by atoms with E-state index in [1.54, 1.807) is 11.3 Å². The van der Waals surface area contributed by atoms with Crippen LogP contribution in [-0.2, 0) is 11.2 Å². The molecule has 0 aliphatic heterocycles. The van der Waals surface area contributed by atoms with Crippen LogP contribution in [0.5, 0.6) is 0 Å². The Morgan fingerprint density at radius 2 is 2.10 bits per heavy atom. The largest absolute Gasteiger partial charge is 0.394 e. The van der Waals surface area contributed by atoms with Crippen LogP contribution in [0.25, 0.3) is 10.1 Å². The number of nitrogens with one attached hydrogen (secondary N) is 1. The maximum absolute atomic E-state index is 9.11. The number of hydrogen-bond acceptors (Lipinski definition) is 4. The fourth-order valence-corrected chi connectivity index (χ4v) is 2.75. The van der Waals surface area contributed by atoms with E-state index in [0.717, 1.165) is 19.6 Å². The summed E-state index contributed by atoms with van der Waals surface area (Å²) in [6.45, 7) is 6.25. The van der Waals surface area contributed by atoms with E-state index in [9.17, 15) is 0 Å². The molecule has 3 nitrogen and oxygen atoms in total. The van der Waals surface area contributed by atoms with Crippen LogP contribution in [0.4, 0.5) is 0 Å². The molecule has 0 atom stereocenters. The van der Waals surface area contributed by atoms with Crippen molar-refractivity contribution in [3.8, 4) is 0 Å². The van der Waals surface area contributed by atoms with Gasteiger partial charge < -0.3 is 15.2 Å². The molecule has 1 aromatic heterocycles. The van der Waals surface area contributed by atoms with Crippen LogP contribution in [0.2, 0.25) is 0 Å². The number of rotatable bonds is 8. The summed E-state index contributed by atoms with van der Waals surface area (Å²) in [5.41, 5.74) is 1.09. The number of fused-ring (bicyclic) bond motifs is 1. The highest BCUT2D eigenvalue weighted by molar-refractivity contribution is 7.17. The van der Waals surface area contributed by atoms with Crippen molar-refractivity contribution in [1.29, 1.82) is 0 Å². The monoisotopic (exact) mass is 293 g/mol. The van der Waals surface area contributed by atoms with Crippen molar-refractivity contribution < 1.29 is 9.84 Å². The highest BCUT2D eigenvalue weighted by Crippen LogP contribution is 2.21. The van der Waals surface area contributed by atoms with Crippen LogP contribution < -0.4 is 5.32 Å². The molecular weight excluding hydrogens is 270 g/mol. The van der Waals surface area contributed by atoms with Gasteiger partial charge in [0.1, 0.15) is 0 Å². The van der Waals surface area contributed by atoms with Gasteiger partial charge in [0.2, 0.25) is 0 Å². The van der Waals surface area contributed by atoms with Crippen molar-refractivity contribution in [2.75, 3.05) is 26.4 Å². The smallest absolute Gasteiger partial charge is 0.0607 e. The Labute approximate surface area is 124 Å². The van der Waals surface area contributed by atoms with Crippen molar-refractivity contribution in [3.05, 3.63) is 35.2 Å². The number of benzene rings is 1. The Bertz CT molecular complexity index is 536. The van der Waals surface area contributed by atoms with Gasteiger partial charge in [-0.15, -0.1) is 11.3 Å². The average Bonchev–Trinajstić information content (AvgIpc) is 2.90. The SMILES string of the molecule is CC(C)(CO)NCCOCCc1ccc2sccc2c1. The first-order valence-electron chi connectivity index (χ1n) is 7.00. The summed E-state index contributed by atoms with van der Waals surface area (Å²) in [4.78, 5) is 0. The predicted molar refractivity (Wildman–Crippen MR) is 85.5 cm³/mol. The van der Waals surface area contributed by atoms with Gasteiger partial charge in [-0.1, -0.05) is 12.1 Å². The van der Waals surface area contributed by atoms with E-state index in [4.69, 9.17) is 9.84 Å². The lowest BCUT2D eigenvalue weighted by molar-refractivity contribution is 0.122. The Morgan fingerprint density at radius 3 is 2.90 bits per heavy atom. The summed E-state index contributed by atoms with van der Waals surface area (Å²) in [7, 11) is 0. The Hall–Kier alpha value is -0.940. The van der Waals surface area contributed by atoms with E-state index in [1.807, 2.05) is 13.8 Å². The maximum atomic E-state index is 9.11. The third kappa shape index (κ3) is 4.56. The van der Waals surface area contributed by atoms with Crippen LogP contribution in [0.3, 0.4) is 0 Å². The summed E-state index contributed by atoms with van der Waals surface area (Å²) >= 11 is 1.78. The minimum atomic E-state index is -0.229. The fourth-order valence-electron chi connectivity index (χ4n) is 1.98. The highest BCUT2D eigenvalue weighted by atomic mass is 32.1. The number of aliphatic hydroxyl groups is 1. The molecule has 2 N–H and O–H groups in total. The summed E-state index contributed by atoms with van der Waals surface area (Å²) in [6.07, 6.45) is 0.940. The third-order valence-corrected chi connectivity index (χ3v) is 4.20. The van der Waals surface area contributed by atoms with Crippen molar-refractivity contribution in [2.45, 2.75) is 25.8 Å². The van der Waals surface area contributed by atoms with Gasteiger partial charge in [-0.3, -0.25) is 0 Å². The predicted octanol–water partition coefficient (Wildman–Crippen LogP) is 2.82. The van der Waals surface area contributed by atoms with Crippen LogP contribution in [-0.4, -0.2) is 37.0 Å². The standard InChI is InChI=1S/C16H23NO2S/c1-16(2,12-18)17-7-9-19-8-5-13-3-4-15-14(11-13)6-10-20-15/h3-4,6,10-11,17-18H,5,7-9,12H2,1-2H3. The van der Waals surface area contributed by atoms with E-state index in [2.05, 4.69) is 35.0 Å². The van der Waals surface area contributed by atoms with Gasteiger partial charge >= 0.3 is 0 Å². The van der Waals surface area contributed by atoms with Gasteiger partial charge in [0.25, 0.3) is 0 Å². The van der Waals surface area contributed by atoms with E-state index in [1.165, 1.54) is 15.6 Å². The molecule has 20 heavy (non-hydrogen) atoms. The Balaban J connectivity index is 1.66.